The summed E-state index contributed by atoms with van der Waals surface area (Å²) >= 11 is 0. The third-order valence-corrected chi connectivity index (χ3v) is 3.65. The van der Waals surface area contributed by atoms with E-state index in [4.69, 9.17) is 0 Å². The summed E-state index contributed by atoms with van der Waals surface area (Å²) < 4.78 is 0. The third kappa shape index (κ3) is 4.08. The standard InChI is InChI=1S/C18H16N4O3/c23-18(10-9-13-5-1-4-8-16(13)22(24)25)19-12-11-17-20-14-6-2-3-7-15(14)21-17/h1-10H,11-12H2,(H,19,23)(H,20,21)/b10-9+. The number of amides is 1. The molecule has 7 nitrogen and oxygen atoms in total. The number of nitro benzene ring substituents is 1. The number of benzene rings is 2. The van der Waals surface area contributed by atoms with Crippen molar-refractivity contribution < 1.29 is 9.72 Å². The van der Waals surface area contributed by atoms with Crippen LogP contribution in [0.1, 0.15) is 11.4 Å². The second-order valence-corrected chi connectivity index (χ2v) is 5.39. The van der Waals surface area contributed by atoms with E-state index in [1.807, 2.05) is 24.3 Å². The lowest BCUT2D eigenvalue weighted by molar-refractivity contribution is -0.385. The number of imidazole rings is 1. The maximum absolute atomic E-state index is 11.9. The molecule has 1 heterocycles. The van der Waals surface area contributed by atoms with Gasteiger partial charge in [-0.3, -0.25) is 14.9 Å². The highest BCUT2D eigenvalue weighted by atomic mass is 16.6. The first-order valence-corrected chi connectivity index (χ1v) is 7.76. The molecule has 7 heteroatoms. The summed E-state index contributed by atoms with van der Waals surface area (Å²) in [6.07, 6.45) is 3.30. The second-order valence-electron chi connectivity index (χ2n) is 5.39. The van der Waals surface area contributed by atoms with Gasteiger partial charge in [0.2, 0.25) is 5.91 Å². The van der Waals surface area contributed by atoms with E-state index in [0.717, 1.165) is 16.9 Å². The van der Waals surface area contributed by atoms with E-state index in [1.165, 1.54) is 18.2 Å². The van der Waals surface area contributed by atoms with E-state index in [1.54, 1.807) is 18.2 Å². The molecule has 0 radical (unpaired) electrons. The first-order chi connectivity index (χ1) is 12.1. The van der Waals surface area contributed by atoms with Crippen molar-refractivity contribution in [3.05, 3.63) is 76.1 Å². The lowest BCUT2D eigenvalue weighted by Crippen LogP contribution is -2.23. The van der Waals surface area contributed by atoms with Gasteiger partial charge < -0.3 is 10.3 Å². The van der Waals surface area contributed by atoms with E-state index < -0.39 is 4.92 Å². The number of fused-ring (bicyclic) bond motifs is 1. The molecular formula is C18H16N4O3. The van der Waals surface area contributed by atoms with Gasteiger partial charge in [-0.15, -0.1) is 0 Å². The summed E-state index contributed by atoms with van der Waals surface area (Å²) in [6, 6.07) is 14.0. The number of carbonyl (C=O) groups excluding carboxylic acids is 1. The lowest BCUT2D eigenvalue weighted by atomic mass is 10.1. The zero-order valence-corrected chi connectivity index (χ0v) is 13.3. The molecule has 0 fully saturated rings. The smallest absolute Gasteiger partial charge is 0.276 e. The van der Waals surface area contributed by atoms with Crippen molar-refractivity contribution in [1.29, 1.82) is 0 Å². The molecule has 3 aromatic rings. The van der Waals surface area contributed by atoms with Crippen molar-refractivity contribution in [3.63, 3.8) is 0 Å². The monoisotopic (exact) mass is 336 g/mol. The van der Waals surface area contributed by atoms with Gasteiger partial charge in [0, 0.05) is 25.1 Å². The quantitative estimate of drug-likeness (QED) is 0.410. The number of H-pyrrole nitrogens is 1. The molecule has 0 saturated carbocycles. The van der Waals surface area contributed by atoms with Crippen LogP contribution in [0.5, 0.6) is 0 Å². The van der Waals surface area contributed by atoms with E-state index >= 15 is 0 Å². The molecule has 0 bridgehead atoms. The molecular weight excluding hydrogens is 320 g/mol. The molecule has 126 valence electrons. The molecule has 2 N–H and O–H groups in total. The number of hydrogen-bond donors (Lipinski definition) is 2. The van der Waals surface area contributed by atoms with E-state index in [-0.39, 0.29) is 11.6 Å². The van der Waals surface area contributed by atoms with E-state index in [2.05, 4.69) is 15.3 Å². The fourth-order valence-corrected chi connectivity index (χ4v) is 2.45. The van der Waals surface area contributed by atoms with Crippen LogP contribution >= 0.6 is 0 Å². The van der Waals surface area contributed by atoms with Crippen LogP contribution in [0.2, 0.25) is 0 Å². The van der Waals surface area contributed by atoms with Crippen LogP contribution in [-0.2, 0) is 11.2 Å². The molecule has 1 amide bonds. The Morgan fingerprint density at radius 1 is 1.20 bits per heavy atom. The number of para-hydroxylation sites is 3. The molecule has 25 heavy (non-hydrogen) atoms. The topological polar surface area (TPSA) is 101 Å². The van der Waals surface area contributed by atoms with Crippen LogP contribution in [0.15, 0.2) is 54.6 Å². The SMILES string of the molecule is O=C(/C=C/c1ccccc1[N+](=O)[O-])NCCc1nc2ccccc2[nH]1. The fourth-order valence-electron chi connectivity index (χ4n) is 2.45. The van der Waals surface area contributed by atoms with Gasteiger partial charge in [-0.25, -0.2) is 4.98 Å². The number of hydrogen-bond acceptors (Lipinski definition) is 4. The summed E-state index contributed by atoms with van der Waals surface area (Å²) in [4.78, 5) is 29.9. The number of rotatable bonds is 6. The minimum atomic E-state index is -0.473. The molecule has 0 aliphatic heterocycles. The van der Waals surface area contributed by atoms with Gasteiger partial charge in [-0.05, 0) is 24.3 Å². The Labute approximate surface area is 143 Å². The minimum absolute atomic E-state index is 0.0335. The Hall–Kier alpha value is -3.48. The molecule has 0 unspecified atom stereocenters. The Balaban J connectivity index is 1.55. The zero-order chi connectivity index (χ0) is 17.6. The van der Waals surface area contributed by atoms with Gasteiger partial charge in [-0.1, -0.05) is 24.3 Å². The molecule has 0 atom stereocenters. The Kier molecular flexibility index (Phi) is 4.84. The number of aromatic nitrogens is 2. The van der Waals surface area contributed by atoms with E-state index in [0.29, 0.717) is 18.5 Å². The Bertz CT molecular complexity index is 913. The number of carbonyl (C=O) groups is 1. The maximum atomic E-state index is 11.9. The van der Waals surface area contributed by atoms with E-state index in [9.17, 15) is 14.9 Å². The Morgan fingerprint density at radius 2 is 1.96 bits per heavy atom. The molecule has 0 spiro atoms. The van der Waals surface area contributed by atoms with Crippen LogP contribution in [0, 0.1) is 10.1 Å². The van der Waals surface area contributed by atoms with Crippen molar-refractivity contribution in [3.8, 4) is 0 Å². The summed E-state index contributed by atoms with van der Waals surface area (Å²) in [5.41, 5.74) is 2.20. The highest BCUT2D eigenvalue weighted by Gasteiger charge is 2.09. The Morgan fingerprint density at radius 3 is 2.76 bits per heavy atom. The average Bonchev–Trinajstić information content (AvgIpc) is 3.03. The molecule has 0 saturated heterocycles. The first-order valence-electron chi connectivity index (χ1n) is 7.76. The summed E-state index contributed by atoms with van der Waals surface area (Å²) in [6.45, 7) is 0.417. The predicted octanol–water partition coefficient (Wildman–Crippen LogP) is 2.84. The highest BCUT2D eigenvalue weighted by Crippen LogP contribution is 2.18. The van der Waals surface area contributed by atoms with Crippen molar-refractivity contribution in [2.75, 3.05) is 6.54 Å². The van der Waals surface area contributed by atoms with Crippen LogP contribution in [-0.4, -0.2) is 27.3 Å². The highest BCUT2D eigenvalue weighted by molar-refractivity contribution is 5.92. The van der Waals surface area contributed by atoms with Gasteiger partial charge in [0.1, 0.15) is 5.82 Å². The molecule has 3 rings (SSSR count). The van der Waals surface area contributed by atoms with Gasteiger partial charge in [0.05, 0.1) is 21.5 Å². The van der Waals surface area contributed by atoms with Gasteiger partial charge in [-0.2, -0.15) is 0 Å². The van der Waals surface area contributed by atoms with Crippen LogP contribution < -0.4 is 5.32 Å². The van der Waals surface area contributed by atoms with Gasteiger partial charge in [0.15, 0.2) is 0 Å². The summed E-state index contributed by atoms with van der Waals surface area (Å²) in [7, 11) is 0. The van der Waals surface area contributed by atoms with Crippen LogP contribution in [0.3, 0.4) is 0 Å². The predicted molar refractivity (Wildman–Crippen MR) is 94.9 cm³/mol. The van der Waals surface area contributed by atoms with Crippen LogP contribution in [0.4, 0.5) is 5.69 Å². The fraction of sp³-hybridized carbons (Fsp3) is 0.111. The first kappa shape index (κ1) is 16.4. The third-order valence-electron chi connectivity index (χ3n) is 3.65. The van der Waals surface area contributed by atoms with Crippen molar-refractivity contribution in [1.82, 2.24) is 15.3 Å². The molecule has 1 aromatic heterocycles. The van der Waals surface area contributed by atoms with Crippen molar-refractivity contribution >= 4 is 28.7 Å². The van der Waals surface area contributed by atoms with Crippen LogP contribution in [0.25, 0.3) is 17.1 Å². The average molecular weight is 336 g/mol. The lowest BCUT2D eigenvalue weighted by Gasteiger charge is -2.00. The number of nitrogens with zero attached hydrogens (tertiary/aromatic N) is 2. The normalized spacial score (nSPS) is 11.0. The van der Waals surface area contributed by atoms with Crippen molar-refractivity contribution in [2.24, 2.45) is 0 Å². The number of aromatic amines is 1. The zero-order valence-electron chi connectivity index (χ0n) is 13.3. The number of nitrogens with one attached hydrogen (secondary N) is 2. The summed E-state index contributed by atoms with van der Waals surface area (Å²) in [5, 5.41) is 13.7. The maximum Gasteiger partial charge on any atom is 0.276 e. The number of nitro groups is 1. The molecule has 2 aromatic carbocycles. The van der Waals surface area contributed by atoms with Gasteiger partial charge >= 0.3 is 0 Å². The van der Waals surface area contributed by atoms with Crippen molar-refractivity contribution in [2.45, 2.75) is 6.42 Å². The summed E-state index contributed by atoms with van der Waals surface area (Å²) in [5.74, 6) is 0.485. The largest absolute Gasteiger partial charge is 0.352 e. The van der Waals surface area contributed by atoms with Gasteiger partial charge in [0.25, 0.3) is 5.69 Å². The molecule has 0 aliphatic carbocycles. The minimum Gasteiger partial charge on any atom is -0.352 e. The second kappa shape index (κ2) is 7.39. The molecule has 0 aliphatic rings.